The fourth-order valence-corrected chi connectivity index (χ4v) is 17.5. The summed E-state index contributed by atoms with van der Waals surface area (Å²) in [6.07, 6.45) is -70.3. The maximum atomic E-state index is 12.6. The zero-order valence-electron chi connectivity index (χ0n) is 72.1. The van der Waals surface area contributed by atoms with E-state index >= 15 is 0 Å². The Hall–Kier alpha value is -8.48. The highest BCUT2D eigenvalue weighted by molar-refractivity contribution is 5.07. The van der Waals surface area contributed by atoms with Crippen molar-refractivity contribution in [2.24, 2.45) is 45.9 Å². The predicted molar refractivity (Wildman–Crippen MR) is 428 cm³/mol. The molecule has 136 heavy (non-hydrogen) atoms. The van der Waals surface area contributed by atoms with E-state index in [4.69, 9.17) is 122 Å². The van der Waals surface area contributed by atoms with Crippen LogP contribution in [0.4, 0.5) is 0 Å². The van der Waals surface area contributed by atoms with E-state index in [9.17, 15) is 81.7 Å². The Balaban J connectivity index is 0.742. The van der Waals surface area contributed by atoms with E-state index in [0.717, 1.165) is 0 Å². The topological polar surface area (TPSA) is 925 Å². The first-order valence-electron chi connectivity index (χ1n) is 43.6. The van der Waals surface area contributed by atoms with Gasteiger partial charge in [0.15, 0.2) is 50.3 Å². The lowest BCUT2D eigenvalue weighted by Gasteiger charge is -2.51. The maximum absolute atomic E-state index is 12.6. The second-order valence-electron chi connectivity index (χ2n) is 34.1. The van der Waals surface area contributed by atoms with Crippen LogP contribution in [-0.4, -0.2) is 447 Å². The molecule has 0 aliphatic carbocycles. The fraction of sp³-hybridized carbons (Fsp3) is 0.778. The zero-order chi connectivity index (χ0) is 95.9. The van der Waals surface area contributed by atoms with Crippen LogP contribution in [0.25, 0.3) is 0 Å². The molecule has 0 unspecified atom stereocenters. The van der Waals surface area contributed by atoms with Gasteiger partial charge in [-0.25, -0.2) is 37.5 Å². The molecule has 8 aromatic heterocycles. The van der Waals surface area contributed by atoms with Crippen molar-refractivity contribution in [2.45, 2.75) is 350 Å². The number of ether oxygens (including phenoxy) is 16. The Kier molecular flexibility index (Phi) is 31.3. The quantitative estimate of drug-likeness (QED) is 0.0267. The third kappa shape index (κ3) is 21.1. The van der Waals surface area contributed by atoms with Gasteiger partial charge in [0.25, 0.3) is 0 Å². The van der Waals surface area contributed by atoms with Crippen molar-refractivity contribution >= 4 is 0 Å². The number of aliphatic hydroxyl groups excluding tert-OH is 16. The first-order valence-corrected chi connectivity index (χ1v) is 43.6. The van der Waals surface area contributed by atoms with Gasteiger partial charge in [0.1, 0.15) is 195 Å². The molecular formula is C72H112N32O32. The van der Waals surface area contributed by atoms with Crippen molar-refractivity contribution in [3.05, 3.63) is 95.1 Å². The van der Waals surface area contributed by atoms with Crippen LogP contribution in [-0.2, 0) is 181 Å². The molecule has 64 nitrogen and oxygen atoms in total. The molecule has 8 aromatic rings. The first kappa shape index (κ1) is 99.1. The summed E-state index contributed by atoms with van der Waals surface area (Å²) in [5.74, 6) is 0. The molecule has 38 heterocycles. The molecular weight excluding hydrogens is 1820 g/mol. The summed E-state index contributed by atoms with van der Waals surface area (Å²) in [4.78, 5) is 0. The molecule has 40 atom stereocenters. The summed E-state index contributed by atoms with van der Waals surface area (Å²) in [5.41, 5.74) is 49.7. The third-order valence-corrected chi connectivity index (χ3v) is 24.8. The molecule has 0 aromatic carbocycles. The number of hydrogen-bond acceptors (Lipinski definition) is 56. The summed E-state index contributed by atoms with van der Waals surface area (Å²) in [6, 6.07) is 0. The highest BCUT2D eigenvalue weighted by atomic mass is 16.8. The Morgan fingerprint density at radius 1 is 0.169 bits per heavy atom. The van der Waals surface area contributed by atoms with Crippen LogP contribution in [0.15, 0.2) is 49.6 Å². The van der Waals surface area contributed by atoms with Crippen LogP contribution in [0.5, 0.6) is 0 Å². The van der Waals surface area contributed by atoms with E-state index in [2.05, 4.69) is 82.5 Å². The second kappa shape index (κ2) is 42.9. The lowest BCUT2D eigenvalue weighted by Crippen LogP contribution is -2.69. The molecule has 30 saturated heterocycles. The van der Waals surface area contributed by atoms with Crippen LogP contribution in [0.1, 0.15) is 45.6 Å². The highest BCUT2D eigenvalue weighted by Gasteiger charge is 2.62. The lowest BCUT2D eigenvalue weighted by atomic mass is 9.94. The number of nitrogens with zero attached hydrogens (tertiary/aromatic N) is 24. The molecule has 32 N–H and O–H groups in total. The monoisotopic (exact) mass is 1940 g/mol. The van der Waals surface area contributed by atoms with Crippen LogP contribution >= 0.6 is 0 Å². The van der Waals surface area contributed by atoms with Gasteiger partial charge < -0.3 is 203 Å². The fourth-order valence-electron chi connectivity index (χ4n) is 17.5. The summed E-state index contributed by atoms with van der Waals surface area (Å²) < 4.78 is 114. The van der Waals surface area contributed by atoms with Crippen molar-refractivity contribution in [1.82, 2.24) is 120 Å². The van der Waals surface area contributed by atoms with Crippen molar-refractivity contribution in [3.8, 4) is 0 Å². The average Bonchev–Trinajstić information content (AvgIpc) is 0.956. The van der Waals surface area contributed by atoms with E-state index in [1.54, 1.807) is 0 Å². The van der Waals surface area contributed by atoms with Gasteiger partial charge in [0.05, 0.1) is 97.9 Å². The minimum atomic E-state index is -2.28. The normalized spacial score (nSPS) is 40.1. The molecule has 0 amide bonds. The molecule has 0 saturated carbocycles. The molecule has 30 fully saturated rings. The van der Waals surface area contributed by atoms with Crippen molar-refractivity contribution < 1.29 is 157 Å². The summed E-state index contributed by atoms with van der Waals surface area (Å²) in [6.45, 7) is -4.94. The number of aliphatic hydroxyl groups is 16. The molecule has 0 spiro atoms. The van der Waals surface area contributed by atoms with E-state index in [1.807, 2.05) is 0 Å². The van der Waals surface area contributed by atoms with Gasteiger partial charge in [-0.1, -0.05) is 41.7 Å². The van der Waals surface area contributed by atoms with E-state index < -0.39 is 298 Å². The van der Waals surface area contributed by atoms with Gasteiger partial charge in [-0.2, -0.15) is 0 Å². The third-order valence-electron chi connectivity index (χ3n) is 24.8. The average molecular weight is 1940 g/mol. The molecule has 752 valence electrons. The van der Waals surface area contributed by atoms with E-state index in [-0.39, 0.29) is 97.9 Å². The van der Waals surface area contributed by atoms with E-state index in [0.29, 0.717) is 0 Å². The van der Waals surface area contributed by atoms with Crippen LogP contribution < -0.4 is 45.9 Å². The van der Waals surface area contributed by atoms with E-state index in [1.165, 1.54) is 87.0 Å². The Labute approximate surface area is 766 Å². The van der Waals surface area contributed by atoms with Crippen molar-refractivity contribution in [1.29, 1.82) is 0 Å². The van der Waals surface area contributed by atoms with Gasteiger partial charge >= 0.3 is 0 Å². The van der Waals surface area contributed by atoms with Gasteiger partial charge in [0.2, 0.25) is 0 Å². The Morgan fingerprint density at radius 3 is 0.360 bits per heavy atom. The maximum Gasteiger partial charge on any atom is 0.187 e. The molecule has 64 heteroatoms. The van der Waals surface area contributed by atoms with Crippen molar-refractivity contribution in [2.75, 3.05) is 0 Å². The summed E-state index contributed by atoms with van der Waals surface area (Å²) in [5, 5.41) is 267. The molecule has 38 rings (SSSR count). The molecule has 30 aliphatic rings. The van der Waals surface area contributed by atoms with Gasteiger partial charge in [-0.05, 0) is 0 Å². The largest absolute Gasteiger partial charge is 0.387 e. The van der Waals surface area contributed by atoms with Crippen molar-refractivity contribution in [3.63, 3.8) is 0 Å². The highest BCUT2D eigenvalue weighted by Crippen LogP contribution is 2.42. The SMILES string of the molecule is NCc1cn(C[C@H]2O[C@@H]3O[C@H]4[C@H](O)[C@@H](O)[C@@H](O[C@H]5[C@H](O)[C@@H](O)[C@@H](O[C@H]6[C@H](O)[C@@H](O)[C@@H](O[C@H]7[C@H](O)[C@@H](O)[C@@H](O[C@H]8[C@H](O)[C@@H](O)[C@@H](O[C@H]9[C@H](O)[C@@H](O)[C@@H](O[C@H]%10[C@@H](O)[C@H](O)[C@@H](O[C@H]2[C@H](O)[C@H]3O)O[C@@H]%10Cn2cc(CN)nn2)O[C@@H]9Cn2cc(CN)nn2)O[C@@H]8Cn2cc(CN)nn2)O[C@@H]7Cn2cc(CN)nn2)O[C@@H]6Cn2cc(CN)nn2)O[C@@H]5Cn2cc(CN)nn2)O[C@@H]4Cn2cc(CN)nn2)nn1. The van der Waals surface area contributed by atoms with Crippen LogP contribution in [0.3, 0.4) is 0 Å². The standard InChI is InChI=1S/C72H112N32O32/c73-1-25-9-97(89-81-25)17-33-57-41(105)49(113)65(121-33)130-58-34(18-98-10-26(2-74)82-90-98)123-67(51(115)43(58)107)132-60-36(20-100-12-28(4-76)84-92-100)125-69(53(117)45(60)109)134-62-38(22-102-14-30(6-78)86-94-102)127-71(55(119)47(62)111)136-64-40(24-104-16-32(8-80)88-96-104)128-72(56(120)48(64)112)135-63-39(23-103-15-31(7-79)87-95-103)126-70(54(118)46(63)110)133-61-37(21-101-13-29(5-77)85-93-101)124-68(52(116)44(61)108)131-59-35(19-99-11-27(3-75)83-91-99)122-66(129-57)50(114)42(59)106/h9-16,33-72,105-120H,1-8,17-24,73-80H2/t33-,34-,35-,36-,37-,38-,39-,40-,41-,42-,43-,44-,45-,46-,47-,48+,49-,50-,51-,52-,53-,54-,55-,56+,57-,58-,59-,60-,61-,62-,63-,64-,65-,66-,67-,68-,69-,70-,71-,72-/m1/s1. The number of rotatable bonds is 24. The number of nitrogens with two attached hydrogens (primary N) is 8. The van der Waals surface area contributed by atoms with Gasteiger partial charge in [-0.3, -0.25) is 0 Å². The second-order valence-corrected chi connectivity index (χ2v) is 34.1. The molecule has 30 aliphatic heterocycles. The first-order chi connectivity index (χ1) is 65.5. The predicted octanol–water partition coefficient (Wildman–Crippen LogP) is -19.3. The smallest absolute Gasteiger partial charge is 0.187 e. The number of hydrogen-bond donors (Lipinski definition) is 24. The van der Waals surface area contributed by atoms with Crippen LogP contribution in [0, 0.1) is 0 Å². The van der Waals surface area contributed by atoms with Gasteiger partial charge in [-0.15, -0.1) is 40.8 Å². The minimum absolute atomic E-state index is 0.132. The lowest BCUT2D eigenvalue weighted by molar-refractivity contribution is -0.402. The zero-order valence-corrected chi connectivity index (χ0v) is 72.1. The minimum Gasteiger partial charge on any atom is -0.387 e. The molecule has 0 radical (unpaired) electrons. The summed E-state index contributed by atoms with van der Waals surface area (Å²) in [7, 11) is 0. The number of aromatic nitrogens is 24. The Bertz CT molecular complexity index is 4210. The van der Waals surface area contributed by atoms with Crippen LogP contribution in [0.2, 0.25) is 0 Å². The van der Waals surface area contributed by atoms with Gasteiger partial charge in [0, 0.05) is 102 Å². The molecule has 16 bridgehead atoms. The Morgan fingerprint density at radius 2 is 0.272 bits per heavy atom. The summed E-state index contributed by atoms with van der Waals surface area (Å²) >= 11 is 0.